The van der Waals surface area contributed by atoms with E-state index in [4.69, 9.17) is 0 Å². The van der Waals surface area contributed by atoms with Crippen molar-refractivity contribution < 1.29 is 4.79 Å². The number of carbonyl (C=O) groups excluding carboxylic acids is 1. The number of aromatic nitrogens is 2. The molecule has 2 heterocycles. The van der Waals surface area contributed by atoms with Crippen LogP contribution in [0.1, 0.15) is 20.8 Å². The maximum absolute atomic E-state index is 12.1. The van der Waals surface area contributed by atoms with Crippen LogP contribution in [0, 0.1) is 0 Å². The van der Waals surface area contributed by atoms with Crippen molar-refractivity contribution in [2.45, 2.75) is 26.3 Å². The average molecular weight is 340 g/mol. The van der Waals surface area contributed by atoms with Gasteiger partial charge < -0.3 is 10.6 Å². The van der Waals surface area contributed by atoms with Crippen molar-refractivity contribution >= 4 is 34.0 Å². The number of nitrogens with one attached hydrogen (secondary N) is 2. The fourth-order valence-electron chi connectivity index (χ4n) is 2.35. The third-order valence-corrected chi connectivity index (χ3v) is 4.14. The fourth-order valence-corrected chi connectivity index (χ4v) is 3.01. The predicted octanol–water partition coefficient (Wildman–Crippen LogP) is 3.68. The third-order valence-electron chi connectivity index (χ3n) is 3.28. The molecule has 0 radical (unpaired) electrons. The van der Waals surface area contributed by atoms with Crippen molar-refractivity contribution in [1.29, 1.82) is 0 Å². The Morgan fingerprint density at radius 1 is 1.12 bits per heavy atom. The van der Waals surface area contributed by atoms with Crippen molar-refractivity contribution in [2.24, 2.45) is 0 Å². The number of anilines is 1. The van der Waals surface area contributed by atoms with E-state index in [0.717, 1.165) is 15.8 Å². The molecule has 2 aromatic heterocycles. The zero-order valence-electron chi connectivity index (χ0n) is 14.0. The molecule has 0 unspecified atom stereocenters. The van der Waals surface area contributed by atoms with Crippen LogP contribution in [0.2, 0.25) is 0 Å². The Morgan fingerprint density at radius 2 is 1.92 bits per heavy atom. The highest BCUT2D eigenvalue weighted by Gasteiger charge is 2.15. The number of amides is 1. The molecule has 1 aromatic carbocycles. The molecule has 0 atom stereocenters. The first kappa shape index (κ1) is 16.4. The number of carbonyl (C=O) groups is 1. The first-order chi connectivity index (χ1) is 11.4. The number of rotatable bonds is 4. The molecule has 0 aliphatic heterocycles. The highest BCUT2D eigenvalue weighted by Crippen LogP contribution is 2.27. The Kier molecular flexibility index (Phi) is 4.49. The number of hydrogen-bond donors (Lipinski definition) is 2. The van der Waals surface area contributed by atoms with Crippen molar-refractivity contribution in [3.05, 3.63) is 41.8 Å². The molecule has 0 fully saturated rings. The zero-order chi connectivity index (χ0) is 17.2. The molecule has 6 heteroatoms. The fraction of sp³-hybridized carbons (Fsp3) is 0.278. The van der Waals surface area contributed by atoms with Crippen molar-refractivity contribution in [2.75, 3.05) is 11.9 Å². The summed E-state index contributed by atoms with van der Waals surface area (Å²) in [6, 6.07) is 11.8. The minimum absolute atomic E-state index is 0.0668. The maximum Gasteiger partial charge on any atom is 0.239 e. The van der Waals surface area contributed by atoms with Crippen LogP contribution in [0.4, 0.5) is 5.82 Å². The summed E-state index contributed by atoms with van der Waals surface area (Å²) < 4.78 is 0. The van der Waals surface area contributed by atoms with Gasteiger partial charge in [0, 0.05) is 10.9 Å². The summed E-state index contributed by atoms with van der Waals surface area (Å²) >= 11 is 1.59. The quantitative estimate of drug-likeness (QED) is 0.760. The van der Waals surface area contributed by atoms with Crippen LogP contribution in [0.5, 0.6) is 0 Å². The van der Waals surface area contributed by atoms with Gasteiger partial charge in [0.25, 0.3) is 0 Å². The second kappa shape index (κ2) is 6.57. The monoisotopic (exact) mass is 340 g/mol. The van der Waals surface area contributed by atoms with Crippen LogP contribution in [-0.4, -0.2) is 28.0 Å². The van der Waals surface area contributed by atoms with E-state index in [1.807, 2.05) is 62.5 Å². The molecule has 0 saturated heterocycles. The zero-order valence-corrected chi connectivity index (χ0v) is 14.8. The van der Waals surface area contributed by atoms with Crippen molar-refractivity contribution in [1.82, 2.24) is 15.3 Å². The molecule has 0 aliphatic rings. The second-order valence-corrected chi connectivity index (χ2v) is 7.49. The molecular weight excluding hydrogens is 320 g/mol. The number of benzene rings is 1. The normalized spacial score (nSPS) is 11.5. The largest absolute Gasteiger partial charge is 0.360 e. The van der Waals surface area contributed by atoms with Gasteiger partial charge in [0.15, 0.2) is 5.82 Å². The Balaban J connectivity index is 1.90. The van der Waals surface area contributed by atoms with Crippen LogP contribution < -0.4 is 10.6 Å². The Morgan fingerprint density at radius 3 is 2.62 bits per heavy atom. The molecule has 24 heavy (non-hydrogen) atoms. The maximum atomic E-state index is 12.1. The van der Waals surface area contributed by atoms with Crippen molar-refractivity contribution in [3.63, 3.8) is 0 Å². The summed E-state index contributed by atoms with van der Waals surface area (Å²) in [7, 11) is 0. The van der Waals surface area contributed by atoms with E-state index in [0.29, 0.717) is 11.6 Å². The Hall–Kier alpha value is -2.47. The van der Waals surface area contributed by atoms with E-state index in [9.17, 15) is 4.79 Å². The van der Waals surface area contributed by atoms with Gasteiger partial charge in [0.2, 0.25) is 5.91 Å². The summed E-state index contributed by atoms with van der Waals surface area (Å²) in [5, 5.41) is 8.99. The molecule has 3 rings (SSSR count). The summed E-state index contributed by atoms with van der Waals surface area (Å²) in [6.45, 7) is 6.04. The lowest BCUT2D eigenvalue weighted by Crippen LogP contribution is -2.43. The van der Waals surface area contributed by atoms with E-state index in [-0.39, 0.29) is 18.0 Å². The molecule has 0 aliphatic carbocycles. The number of thiophene rings is 1. The smallest absolute Gasteiger partial charge is 0.239 e. The number of nitrogens with zero attached hydrogens (tertiary/aromatic N) is 2. The van der Waals surface area contributed by atoms with Gasteiger partial charge in [-0.1, -0.05) is 18.2 Å². The minimum Gasteiger partial charge on any atom is -0.360 e. The standard InChI is InChI=1S/C18H20N4OS/c1-18(2,3)22-15(23)11-19-16-12-7-4-5-8-13(12)20-17(21-16)14-9-6-10-24-14/h4-10H,11H2,1-3H3,(H,22,23)(H,19,20,21). The van der Waals surface area contributed by atoms with Gasteiger partial charge in [0.05, 0.1) is 16.9 Å². The SMILES string of the molecule is CC(C)(C)NC(=O)CNc1nc(-c2cccs2)nc2ccccc12. The van der Waals surface area contributed by atoms with Gasteiger partial charge in [-0.15, -0.1) is 11.3 Å². The lowest BCUT2D eigenvalue weighted by molar-refractivity contribution is -0.120. The molecule has 0 spiro atoms. The van der Waals surface area contributed by atoms with Crippen LogP contribution in [0.15, 0.2) is 41.8 Å². The van der Waals surface area contributed by atoms with E-state index in [2.05, 4.69) is 20.6 Å². The lowest BCUT2D eigenvalue weighted by Gasteiger charge is -2.20. The first-order valence-electron chi connectivity index (χ1n) is 7.78. The molecule has 0 saturated carbocycles. The summed E-state index contributed by atoms with van der Waals surface area (Å²) in [6.07, 6.45) is 0. The van der Waals surface area contributed by atoms with Gasteiger partial charge >= 0.3 is 0 Å². The molecule has 124 valence electrons. The van der Waals surface area contributed by atoms with Gasteiger partial charge in [-0.25, -0.2) is 9.97 Å². The highest BCUT2D eigenvalue weighted by molar-refractivity contribution is 7.13. The van der Waals surface area contributed by atoms with E-state index in [1.54, 1.807) is 11.3 Å². The van der Waals surface area contributed by atoms with E-state index in [1.165, 1.54) is 0 Å². The van der Waals surface area contributed by atoms with E-state index < -0.39 is 0 Å². The summed E-state index contributed by atoms with van der Waals surface area (Å²) in [5.74, 6) is 1.28. The van der Waals surface area contributed by atoms with Crippen molar-refractivity contribution in [3.8, 4) is 10.7 Å². The molecule has 3 aromatic rings. The predicted molar refractivity (Wildman–Crippen MR) is 99.2 cm³/mol. The van der Waals surface area contributed by atoms with Gasteiger partial charge in [-0.3, -0.25) is 4.79 Å². The van der Waals surface area contributed by atoms with Gasteiger partial charge in [0.1, 0.15) is 5.82 Å². The molecule has 0 bridgehead atoms. The number of fused-ring (bicyclic) bond motifs is 1. The van der Waals surface area contributed by atoms with Crippen LogP contribution in [-0.2, 0) is 4.79 Å². The second-order valence-electron chi connectivity index (χ2n) is 6.54. The molecular formula is C18H20N4OS. The highest BCUT2D eigenvalue weighted by atomic mass is 32.1. The van der Waals surface area contributed by atoms with Crippen LogP contribution in [0.25, 0.3) is 21.6 Å². The molecule has 5 nitrogen and oxygen atoms in total. The average Bonchev–Trinajstić information content (AvgIpc) is 3.05. The van der Waals surface area contributed by atoms with Gasteiger partial charge in [-0.2, -0.15) is 0 Å². The topological polar surface area (TPSA) is 66.9 Å². The summed E-state index contributed by atoms with van der Waals surface area (Å²) in [4.78, 5) is 22.3. The Labute approximate surface area is 145 Å². The van der Waals surface area contributed by atoms with Crippen LogP contribution >= 0.6 is 11.3 Å². The van der Waals surface area contributed by atoms with E-state index >= 15 is 0 Å². The Bertz CT molecular complexity index is 853. The molecule has 2 N–H and O–H groups in total. The first-order valence-corrected chi connectivity index (χ1v) is 8.66. The third kappa shape index (κ3) is 3.89. The molecule has 1 amide bonds. The summed E-state index contributed by atoms with van der Waals surface area (Å²) in [5.41, 5.74) is 0.601. The lowest BCUT2D eigenvalue weighted by atomic mass is 10.1. The van der Waals surface area contributed by atoms with Crippen LogP contribution in [0.3, 0.4) is 0 Å². The number of para-hydroxylation sites is 1. The minimum atomic E-state index is -0.255. The van der Waals surface area contributed by atoms with Gasteiger partial charge in [-0.05, 0) is 44.4 Å². The number of hydrogen-bond acceptors (Lipinski definition) is 5.